The van der Waals surface area contributed by atoms with E-state index in [9.17, 15) is 4.79 Å². The lowest BCUT2D eigenvalue weighted by atomic mass is 10.3. The summed E-state index contributed by atoms with van der Waals surface area (Å²) < 4.78 is 5.02. The van der Waals surface area contributed by atoms with Crippen LogP contribution in [0.3, 0.4) is 0 Å². The molecule has 0 aliphatic heterocycles. The number of methoxy groups -OCH3 is 1. The van der Waals surface area contributed by atoms with E-state index in [4.69, 9.17) is 4.74 Å². The molecule has 70 valence electrons. The Morgan fingerprint density at radius 3 is 2.69 bits per heavy atom. The molecule has 1 N–H and O–H groups in total. The van der Waals surface area contributed by atoms with Gasteiger partial charge in [0.1, 0.15) is 5.75 Å². The second-order valence-electron chi connectivity index (χ2n) is 2.57. The van der Waals surface area contributed by atoms with Crippen LogP contribution in [0.2, 0.25) is 0 Å². The highest BCUT2D eigenvalue weighted by Gasteiger charge is 2.00. The minimum atomic E-state index is -0.0992. The number of carbonyl (C=O) groups is 1. The standard InChI is InChI=1S/C9H11NO2S/c1-6(11)10-7-3-4-8(12-2)9(13)5-7/h3-5,13H,1-2H3,(H,10,11). The zero-order chi connectivity index (χ0) is 9.84. The summed E-state index contributed by atoms with van der Waals surface area (Å²) in [6.07, 6.45) is 0. The van der Waals surface area contributed by atoms with Gasteiger partial charge in [-0.15, -0.1) is 12.6 Å². The van der Waals surface area contributed by atoms with Crippen molar-refractivity contribution < 1.29 is 9.53 Å². The maximum Gasteiger partial charge on any atom is 0.221 e. The first-order valence-corrected chi connectivity index (χ1v) is 4.23. The fraction of sp³-hybridized carbons (Fsp3) is 0.222. The van der Waals surface area contributed by atoms with Crippen LogP contribution in [0, 0.1) is 0 Å². The smallest absolute Gasteiger partial charge is 0.221 e. The van der Waals surface area contributed by atoms with Gasteiger partial charge in [-0.3, -0.25) is 4.79 Å². The number of hydrogen-bond acceptors (Lipinski definition) is 3. The molecule has 0 spiro atoms. The summed E-state index contributed by atoms with van der Waals surface area (Å²) in [5.74, 6) is 0.593. The highest BCUT2D eigenvalue weighted by molar-refractivity contribution is 7.80. The molecule has 1 aromatic rings. The van der Waals surface area contributed by atoms with Crippen molar-refractivity contribution in [2.24, 2.45) is 0 Å². The Morgan fingerprint density at radius 2 is 2.23 bits per heavy atom. The SMILES string of the molecule is COc1ccc(NC(C)=O)cc1S. The molecule has 0 atom stereocenters. The summed E-state index contributed by atoms with van der Waals surface area (Å²) in [5, 5.41) is 2.65. The van der Waals surface area contributed by atoms with E-state index < -0.39 is 0 Å². The van der Waals surface area contributed by atoms with Crippen LogP contribution in [-0.2, 0) is 4.79 Å². The van der Waals surface area contributed by atoms with E-state index in [0.717, 1.165) is 5.69 Å². The second kappa shape index (κ2) is 4.18. The number of anilines is 1. The van der Waals surface area contributed by atoms with Gasteiger partial charge in [0.25, 0.3) is 0 Å². The minimum Gasteiger partial charge on any atom is -0.496 e. The summed E-state index contributed by atoms with van der Waals surface area (Å²) >= 11 is 4.19. The van der Waals surface area contributed by atoms with Crippen molar-refractivity contribution >= 4 is 24.2 Å². The Morgan fingerprint density at radius 1 is 1.54 bits per heavy atom. The molecule has 4 heteroatoms. The van der Waals surface area contributed by atoms with Gasteiger partial charge < -0.3 is 10.1 Å². The van der Waals surface area contributed by atoms with Gasteiger partial charge in [-0.05, 0) is 18.2 Å². The molecule has 0 saturated heterocycles. The van der Waals surface area contributed by atoms with E-state index in [2.05, 4.69) is 17.9 Å². The van der Waals surface area contributed by atoms with Crippen LogP contribution in [0.1, 0.15) is 6.92 Å². The molecule has 0 aliphatic rings. The van der Waals surface area contributed by atoms with Crippen LogP contribution in [-0.4, -0.2) is 13.0 Å². The molecule has 0 aliphatic carbocycles. The lowest BCUT2D eigenvalue weighted by Gasteiger charge is -2.06. The van der Waals surface area contributed by atoms with Crippen molar-refractivity contribution in [2.45, 2.75) is 11.8 Å². The zero-order valence-corrected chi connectivity index (χ0v) is 8.39. The summed E-state index contributed by atoms with van der Waals surface area (Å²) in [6.45, 7) is 1.46. The number of hydrogen-bond donors (Lipinski definition) is 2. The molecule has 13 heavy (non-hydrogen) atoms. The van der Waals surface area contributed by atoms with E-state index in [1.807, 2.05) is 0 Å². The summed E-state index contributed by atoms with van der Waals surface area (Å²) in [7, 11) is 1.58. The average molecular weight is 197 g/mol. The molecule has 0 radical (unpaired) electrons. The first-order valence-electron chi connectivity index (χ1n) is 3.78. The number of carbonyl (C=O) groups excluding carboxylic acids is 1. The Balaban J connectivity index is 2.89. The van der Waals surface area contributed by atoms with Crippen molar-refractivity contribution in [1.29, 1.82) is 0 Å². The lowest BCUT2D eigenvalue weighted by Crippen LogP contribution is -2.05. The number of rotatable bonds is 2. The van der Waals surface area contributed by atoms with Gasteiger partial charge >= 0.3 is 0 Å². The van der Waals surface area contributed by atoms with Crippen LogP contribution in [0.5, 0.6) is 5.75 Å². The van der Waals surface area contributed by atoms with Gasteiger partial charge in [-0.1, -0.05) is 0 Å². The minimum absolute atomic E-state index is 0.0992. The van der Waals surface area contributed by atoms with Gasteiger partial charge in [0, 0.05) is 17.5 Å². The third-order valence-electron chi connectivity index (χ3n) is 1.50. The fourth-order valence-electron chi connectivity index (χ4n) is 0.971. The van der Waals surface area contributed by atoms with Gasteiger partial charge in [0.15, 0.2) is 0 Å². The monoisotopic (exact) mass is 197 g/mol. The first kappa shape index (κ1) is 9.92. The van der Waals surface area contributed by atoms with Gasteiger partial charge in [-0.2, -0.15) is 0 Å². The predicted molar refractivity (Wildman–Crippen MR) is 54.5 cm³/mol. The van der Waals surface area contributed by atoms with E-state index in [1.165, 1.54) is 6.92 Å². The van der Waals surface area contributed by atoms with Gasteiger partial charge in [0.2, 0.25) is 5.91 Å². The molecule has 0 bridgehead atoms. The fourth-order valence-corrected chi connectivity index (χ4v) is 1.28. The zero-order valence-electron chi connectivity index (χ0n) is 7.50. The summed E-state index contributed by atoms with van der Waals surface area (Å²) in [5.41, 5.74) is 0.721. The lowest BCUT2D eigenvalue weighted by molar-refractivity contribution is -0.114. The molecule has 0 saturated carbocycles. The molecule has 1 aromatic carbocycles. The van der Waals surface area contributed by atoms with E-state index >= 15 is 0 Å². The molecule has 0 fully saturated rings. The Labute approximate surface area is 82.5 Å². The highest BCUT2D eigenvalue weighted by Crippen LogP contribution is 2.25. The average Bonchev–Trinajstić information content (AvgIpc) is 2.03. The van der Waals surface area contributed by atoms with Crippen molar-refractivity contribution in [2.75, 3.05) is 12.4 Å². The summed E-state index contributed by atoms with van der Waals surface area (Å²) in [6, 6.07) is 5.26. The van der Waals surface area contributed by atoms with Gasteiger partial charge in [-0.25, -0.2) is 0 Å². The molecule has 3 nitrogen and oxygen atoms in total. The van der Waals surface area contributed by atoms with Crippen LogP contribution in [0.4, 0.5) is 5.69 Å². The van der Waals surface area contributed by atoms with Crippen molar-refractivity contribution in [3.63, 3.8) is 0 Å². The number of benzene rings is 1. The molecule has 0 aromatic heterocycles. The molecule has 0 unspecified atom stereocenters. The number of ether oxygens (including phenoxy) is 1. The number of amides is 1. The summed E-state index contributed by atoms with van der Waals surface area (Å²) in [4.78, 5) is 11.4. The van der Waals surface area contributed by atoms with Gasteiger partial charge in [0.05, 0.1) is 7.11 Å². The maximum absolute atomic E-state index is 10.7. The van der Waals surface area contributed by atoms with Crippen LogP contribution >= 0.6 is 12.6 Å². The van der Waals surface area contributed by atoms with E-state index in [0.29, 0.717) is 10.6 Å². The van der Waals surface area contributed by atoms with E-state index in [1.54, 1.807) is 25.3 Å². The third kappa shape index (κ3) is 2.66. The quantitative estimate of drug-likeness (QED) is 0.711. The number of nitrogens with one attached hydrogen (secondary N) is 1. The van der Waals surface area contributed by atoms with Crippen molar-refractivity contribution in [3.8, 4) is 5.75 Å². The normalized spacial score (nSPS) is 9.46. The van der Waals surface area contributed by atoms with Crippen LogP contribution in [0.25, 0.3) is 0 Å². The molecule has 1 rings (SSSR count). The van der Waals surface area contributed by atoms with Crippen LogP contribution in [0.15, 0.2) is 23.1 Å². The third-order valence-corrected chi connectivity index (χ3v) is 1.85. The molecular formula is C9H11NO2S. The topological polar surface area (TPSA) is 38.3 Å². The van der Waals surface area contributed by atoms with E-state index in [-0.39, 0.29) is 5.91 Å². The maximum atomic E-state index is 10.7. The Hall–Kier alpha value is -1.16. The Kier molecular flexibility index (Phi) is 3.19. The first-order chi connectivity index (χ1) is 6.13. The van der Waals surface area contributed by atoms with Crippen molar-refractivity contribution in [3.05, 3.63) is 18.2 Å². The molecular weight excluding hydrogens is 186 g/mol. The predicted octanol–water partition coefficient (Wildman–Crippen LogP) is 1.94. The highest BCUT2D eigenvalue weighted by atomic mass is 32.1. The second-order valence-corrected chi connectivity index (χ2v) is 3.05. The Bertz CT molecular complexity index is 325. The largest absolute Gasteiger partial charge is 0.496 e. The van der Waals surface area contributed by atoms with Crippen LogP contribution < -0.4 is 10.1 Å². The molecule has 0 heterocycles. The number of thiol groups is 1. The molecule has 1 amide bonds. The van der Waals surface area contributed by atoms with Crippen molar-refractivity contribution in [1.82, 2.24) is 0 Å².